The fourth-order valence-electron chi connectivity index (χ4n) is 3.72. The van der Waals surface area contributed by atoms with E-state index < -0.39 is 10.0 Å². The first kappa shape index (κ1) is 22.6. The highest BCUT2D eigenvalue weighted by atomic mass is 35.5. The van der Waals surface area contributed by atoms with Gasteiger partial charge < -0.3 is 10.1 Å². The number of ether oxygens (including phenoxy) is 1. The van der Waals surface area contributed by atoms with Crippen LogP contribution in [-0.2, 0) is 14.8 Å². The van der Waals surface area contributed by atoms with Gasteiger partial charge in [0.2, 0.25) is 15.9 Å². The molecule has 1 heterocycles. The Labute approximate surface area is 183 Å². The summed E-state index contributed by atoms with van der Waals surface area (Å²) in [7, 11) is -1.97. The SMILES string of the molecule is COc1ccc(C)cc1[C@@H](C)NC(=O)C1CCN(S(=O)(=O)c2ccc(Cl)cc2)CC1. The normalized spacial score (nSPS) is 16.8. The molecule has 0 aromatic heterocycles. The lowest BCUT2D eigenvalue weighted by Crippen LogP contribution is -2.43. The van der Waals surface area contributed by atoms with Crippen molar-refractivity contribution in [3.8, 4) is 5.75 Å². The number of aryl methyl sites for hydroxylation is 1. The van der Waals surface area contributed by atoms with E-state index in [0.717, 1.165) is 16.9 Å². The first-order valence-electron chi connectivity index (χ1n) is 9.93. The average molecular weight is 451 g/mol. The van der Waals surface area contributed by atoms with E-state index in [2.05, 4.69) is 5.32 Å². The predicted octanol–water partition coefficient (Wildman–Crippen LogP) is 3.94. The second-order valence-corrected chi connectivity index (χ2v) is 9.98. The monoisotopic (exact) mass is 450 g/mol. The zero-order valence-corrected chi connectivity index (χ0v) is 19.0. The van der Waals surface area contributed by atoms with Gasteiger partial charge in [-0.2, -0.15) is 4.31 Å². The van der Waals surface area contributed by atoms with Gasteiger partial charge in [0.15, 0.2) is 0 Å². The molecule has 1 aliphatic rings. The second-order valence-electron chi connectivity index (χ2n) is 7.61. The summed E-state index contributed by atoms with van der Waals surface area (Å²) < 4.78 is 32.5. The fourth-order valence-corrected chi connectivity index (χ4v) is 5.31. The Balaban J connectivity index is 1.61. The van der Waals surface area contributed by atoms with E-state index in [-0.39, 0.29) is 22.8 Å². The zero-order chi connectivity index (χ0) is 21.9. The van der Waals surface area contributed by atoms with Gasteiger partial charge in [0.25, 0.3) is 0 Å². The van der Waals surface area contributed by atoms with Crippen LogP contribution in [0.3, 0.4) is 0 Å². The summed E-state index contributed by atoms with van der Waals surface area (Å²) in [5.41, 5.74) is 2.02. The van der Waals surface area contributed by atoms with Crippen molar-refractivity contribution in [2.24, 2.45) is 5.92 Å². The highest BCUT2D eigenvalue weighted by Gasteiger charge is 2.32. The van der Waals surface area contributed by atoms with Gasteiger partial charge in [0, 0.05) is 29.6 Å². The van der Waals surface area contributed by atoms with Crippen molar-refractivity contribution in [3.05, 3.63) is 58.6 Å². The standard InChI is InChI=1S/C22H27ClN2O4S/c1-15-4-9-21(29-3)20(14-15)16(2)24-22(26)17-10-12-25(13-11-17)30(27,28)19-7-5-18(23)6-8-19/h4-9,14,16-17H,10-13H2,1-3H3,(H,24,26)/t16-/m1/s1. The summed E-state index contributed by atoms with van der Waals surface area (Å²) in [4.78, 5) is 13.0. The van der Waals surface area contributed by atoms with E-state index in [1.54, 1.807) is 19.2 Å². The summed E-state index contributed by atoms with van der Waals surface area (Å²) in [5, 5.41) is 3.55. The van der Waals surface area contributed by atoms with Crippen LogP contribution >= 0.6 is 11.6 Å². The van der Waals surface area contributed by atoms with Gasteiger partial charge in [-0.3, -0.25) is 4.79 Å². The molecular formula is C22H27ClN2O4S. The molecule has 162 valence electrons. The van der Waals surface area contributed by atoms with Crippen LogP contribution in [0.25, 0.3) is 0 Å². The number of halogens is 1. The molecule has 1 amide bonds. The number of nitrogens with one attached hydrogen (secondary N) is 1. The average Bonchev–Trinajstić information content (AvgIpc) is 2.74. The molecule has 3 rings (SSSR count). The van der Waals surface area contributed by atoms with Gasteiger partial charge in [0.1, 0.15) is 5.75 Å². The summed E-state index contributed by atoms with van der Waals surface area (Å²) >= 11 is 5.85. The topological polar surface area (TPSA) is 75.7 Å². The molecule has 2 aromatic carbocycles. The summed E-state index contributed by atoms with van der Waals surface area (Å²) in [5.74, 6) is 0.451. The van der Waals surface area contributed by atoms with Crippen molar-refractivity contribution in [2.75, 3.05) is 20.2 Å². The van der Waals surface area contributed by atoms with Crippen molar-refractivity contribution in [1.82, 2.24) is 9.62 Å². The maximum Gasteiger partial charge on any atom is 0.243 e. The Kier molecular flexibility index (Phi) is 7.06. The third kappa shape index (κ3) is 4.96. The Hall–Kier alpha value is -2.09. The molecule has 1 saturated heterocycles. The summed E-state index contributed by atoms with van der Waals surface area (Å²) in [6.07, 6.45) is 0.965. The Morgan fingerprint density at radius 1 is 1.17 bits per heavy atom. The minimum atomic E-state index is -3.58. The number of carbonyl (C=O) groups excluding carboxylic acids is 1. The van der Waals surface area contributed by atoms with Crippen LogP contribution in [0.5, 0.6) is 5.75 Å². The number of hydrogen-bond acceptors (Lipinski definition) is 4. The van der Waals surface area contributed by atoms with Crippen LogP contribution in [0.2, 0.25) is 5.02 Å². The molecule has 8 heteroatoms. The van der Waals surface area contributed by atoms with Crippen LogP contribution in [0.1, 0.15) is 36.9 Å². The van der Waals surface area contributed by atoms with Crippen molar-refractivity contribution < 1.29 is 17.9 Å². The van der Waals surface area contributed by atoms with Crippen LogP contribution in [0, 0.1) is 12.8 Å². The number of nitrogens with zero attached hydrogens (tertiary/aromatic N) is 1. The molecule has 1 aliphatic heterocycles. The van der Waals surface area contributed by atoms with Crippen molar-refractivity contribution in [3.63, 3.8) is 0 Å². The quantitative estimate of drug-likeness (QED) is 0.723. The molecule has 0 spiro atoms. The Morgan fingerprint density at radius 2 is 1.80 bits per heavy atom. The van der Waals surface area contributed by atoms with E-state index >= 15 is 0 Å². The number of carbonyl (C=O) groups is 1. The fraction of sp³-hybridized carbons (Fsp3) is 0.409. The number of benzene rings is 2. The predicted molar refractivity (Wildman–Crippen MR) is 117 cm³/mol. The molecule has 30 heavy (non-hydrogen) atoms. The molecule has 0 unspecified atom stereocenters. The minimum absolute atomic E-state index is 0.0606. The summed E-state index contributed by atoms with van der Waals surface area (Å²) in [6, 6.07) is 11.8. The Morgan fingerprint density at radius 3 is 2.40 bits per heavy atom. The number of piperidine rings is 1. The first-order chi connectivity index (χ1) is 14.2. The van der Waals surface area contributed by atoms with Crippen LogP contribution in [-0.4, -0.2) is 38.8 Å². The van der Waals surface area contributed by atoms with E-state index in [4.69, 9.17) is 16.3 Å². The Bertz CT molecular complexity index is 1000. The third-order valence-corrected chi connectivity index (χ3v) is 7.65. The van der Waals surface area contributed by atoms with Gasteiger partial charge in [-0.25, -0.2) is 8.42 Å². The van der Waals surface area contributed by atoms with E-state index in [1.165, 1.54) is 16.4 Å². The first-order valence-corrected chi connectivity index (χ1v) is 11.7. The van der Waals surface area contributed by atoms with Gasteiger partial charge in [-0.05, 0) is 57.0 Å². The molecular weight excluding hydrogens is 424 g/mol. The zero-order valence-electron chi connectivity index (χ0n) is 17.4. The van der Waals surface area contributed by atoms with Crippen molar-refractivity contribution in [2.45, 2.75) is 37.6 Å². The molecule has 0 bridgehead atoms. The number of rotatable bonds is 6. The molecule has 0 saturated carbocycles. The van der Waals surface area contributed by atoms with Gasteiger partial charge in [-0.15, -0.1) is 0 Å². The second kappa shape index (κ2) is 9.37. The number of methoxy groups -OCH3 is 1. The molecule has 1 N–H and O–H groups in total. The molecule has 0 aliphatic carbocycles. The van der Waals surface area contributed by atoms with E-state index in [0.29, 0.717) is 31.0 Å². The molecule has 2 aromatic rings. The van der Waals surface area contributed by atoms with Gasteiger partial charge >= 0.3 is 0 Å². The minimum Gasteiger partial charge on any atom is -0.496 e. The van der Waals surface area contributed by atoms with E-state index in [1.807, 2.05) is 32.0 Å². The lowest BCUT2D eigenvalue weighted by molar-refractivity contribution is -0.126. The lowest BCUT2D eigenvalue weighted by Gasteiger charge is -2.31. The number of sulfonamides is 1. The molecule has 1 fully saturated rings. The highest BCUT2D eigenvalue weighted by molar-refractivity contribution is 7.89. The number of hydrogen-bond donors (Lipinski definition) is 1. The maximum atomic E-state index is 12.8. The van der Waals surface area contributed by atoms with Crippen LogP contribution < -0.4 is 10.1 Å². The van der Waals surface area contributed by atoms with Crippen molar-refractivity contribution >= 4 is 27.5 Å². The number of amides is 1. The third-order valence-electron chi connectivity index (χ3n) is 5.49. The molecule has 6 nitrogen and oxygen atoms in total. The highest BCUT2D eigenvalue weighted by Crippen LogP contribution is 2.28. The van der Waals surface area contributed by atoms with Crippen LogP contribution in [0.15, 0.2) is 47.4 Å². The van der Waals surface area contributed by atoms with Gasteiger partial charge in [-0.1, -0.05) is 29.3 Å². The van der Waals surface area contributed by atoms with Gasteiger partial charge in [0.05, 0.1) is 18.0 Å². The summed E-state index contributed by atoms with van der Waals surface area (Å²) in [6.45, 7) is 4.54. The van der Waals surface area contributed by atoms with Crippen LogP contribution in [0.4, 0.5) is 0 Å². The lowest BCUT2D eigenvalue weighted by atomic mass is 9.96. The molecule has 1 atom stereocenters. The molecule has 0 radical (unpaired) electrons. The maximum absolute atomic E-state index is 12.8. The smallest absolute Gasteiger partial charge is 0.243 e. The van der Waals surface area contributed by atoms with E-state index in [9.17, 15) is 13.2 Å². The van der Waals surface area contributed by atoms with Crippen molar-refractivity contribution in [1.29, 1.82) is 0 Å². The largest absolute Gasteiger partial charge is 0.496 e.